The molecule has 1 amide bonds. The summed E-state index contributed by atoms with van der Waals surface area (Å²) in [5.74, 6) is 0.0424. The maximum absolute atomic E-state index is 13.9. The number of anilines is 2. The third-order valence-corrected chi connectivity index (χ3v) is 5.55. The minimum Gasteiger partial charge on any atom is -0.396 e. The summed E-state index contributed by atoms with van der Waals surface area (Å²) in [5.41, 5.74) is 8.91. The zero-order chi connectivity index (χ0) is 20.9. The van der Waals surface area contributed by atoms with Crippen molar-refractivity contribution in [2.24, 2.45) is 5.92 Å². The van der Waals surface area contributed by atoms with Crippen molar-refractivity contribution < 1.29 is 9.18 Å². The lowest BCUT2D eigenvalue weighted by molar-refractivity contribution is -0.121. The van der Waals surface area contributed by atoms with Gasteiger partial charge in [0.1, 0.15) is 5.82 Å². The van der Waals surface area contributed by atoms with Crippen LogP contribution in [-0.2, 0) is 11.3 Å². The van der Waals surface area contributed by atoms with E-state index in [0.717, 1.165) is 37.2 Å². The van der Waals surface area contributed by atoms with Crippen LogP contribution in [0.2, 0.25) is 0 Å². The summed E-state index contributed by atoms with van der Waals surface area (Å²) in [6, 6.07) is 20.2. The van der Waals surface area contributed by atoms with Gasteiger partial charge in [0.05, 0.1) is 11.4 Å². The molecule has 0 atom stereocenters. The molecule has 0 spiro atoms. The molecule has 1 fully saturated rings. The van der Waals surface area contributed by atoms with Crippen LogP contribution in [0.15, 0.2) is 66.7 Å². The molecule has 30 heavy (non-hydrogen) atoms. The number of carbonyl (C=O) groups is 1. The maximum Gasteiger partial charge on any atom is 0.228 e. The number of nitrogens with two attached hydrogens (primary N) is 1. The maximum atomic E-state index is 13.9. The van der Waals surface area contributed by atoms with Crippen molar-refractivity contribution in [2.45, 2.75) is 19.4 Å². The average Bonchev–Trinajstić information content (AvgIpc) is 2.78. The summed E-state index contributed by atoms with van der Waals surface area (Å²) in [5, 5.41) is 2.91. The van der Waals surface area contributed by atoms with E-state index in [4.69, 9.17) is 5.73 Å². The molecule has 4 rings (SSSR count). The van der Waals surface area contributed by atoms with Crippen molar-refractivity contribution in [3.8, 4) is 11.3 Å². The molecule has 6 heteroatoms. The molecule has 0 bridgehead atoms. The van der Waals surface area contributed by atoms with Crippen LogP contribution < -0.4 is 11.1 Å². The molecule has 2 heterocycles. The summed E-state index contributed by atoms with van der Waals surface area (Å²) < 4.78 is 13.9. The van der Waals surface area contributed by atoms with Gasteiger partial charge in [0.25, 0.3) is 0 Å². The van der Waals surface area contributed by atoms with Crippen molar-refractivity contribution in [2.75, 3.05) is 24.1 Å². The van der Waals surface area contributed by atoms with E-state index < -0.39 is 0 Å². The fourth-order valence-corrected chi connectivity index (χ4v) is 3.78. The summed E-state index contributed by atoms with van der Waals surface area (Å²) in [7, 11) is 0. The number of hydrogen-bond donors (Lipinski definition) is 2. The number of likely N-dealkylation sites (tertiary alicyclic amines) is 1. The van der Waals surface area contributed by atoms with E-state index in [1.165, 1.54) is 6.07 Å². The van der Waals surface area contributed by atoms with Crippen molar-refractivity contribution in [1.82, 2.24) is 9.88 Å². The predicted octanol–water partition coefficient (Wildman–Crippen LogP) is 4.32. The van der Waals surface area contributed by atoms with Gasteiger partial charge in [-0.25, -0.2) is 9.37 Å². The number of pyridine rings is 1. The van der Waals surface area contributed by atoms with Crippen molar-refractivity contribution in [1.29, 1.82) is 0 Å². The average molecular weight is 404 g/mol. The Labute approximate surface area is 175 Å². The molecule has 3 aromatic rings. The number of amides is 1. The number of aromatic nitrogens is 1. The molecule has 3 N–H and O–H groups in total. The monoisotopic (exact) mass is 404 g/mol. The first-order valence-electron chi connectivity index (χ1n) is 10.2. The summed E-state index contributed by atoms with van der Waals surface area (Å²) >= 11 is 0. The highest BCUT2D eigenvalue weighted by atomic mass is 19.1. The lowest BCUT2D eigenvalue weighted by Gasteiger charge is -2.31. The van der Waals surface area contributed by atoms with Crippen LogP contribution in [0.25, 0.3) is 11.3 Å². The SMILES string of the molecule is Nc1ccc(-c2ccccc2)nc1NC(=O)C1CCN(Cc2ccccc2F)CC1. The van der Waals surface area contributed by atoms with E-state index in [0.29, 0.717) is 23.6 Å². The minimum atomic E-state index is -0.183. The highest BCUT2D eigenvalue weighted by Crippen LogP contribution is 2.25. The summed E-state index contributed by atoms with van der Waals surface area (Å²) in [6.07, 6.45) is 1.44. The lowest BCUT2D eigenvalue weighted by atomic mass is 9.95. The Morgan fingerprint density at radius 1 is 1.03 bits per heavy atom. The molecule has 0 radical (unpaired) electrons. The van der Waals surface area contributed by atoms with Gasteiger partial charge in [0, 0.05) is 23.6 Å². The molecular weight excluding hydrogens is 379 g/mol. The second-order valence-electron chi connectivity index (χ2n) is 7.63. The van der Waals surface area contributed by atoms with Crippen LogP contribution >= 0.6 is 0 Å². The van der Waals surface area contributed by atoms with Crippen LogP contribution in [0, 0.1) is 11.7 Å². The number of nitrogens with zero attached hydrogens (tertiary/aromatic N) is 2. The first-order chi connectivity index (χ1) is 14.6. The molecule has 1 saturated heterocycles. The molecule has 5 nitrogen and oxygen atoms in total. The number of nitrogens with one attached hydrogen (secondary N) is 1. The van der Waals surface area contributed by atoms with Gasteiger partial charge in [0.15, 0.2) is 5.82 Å². The Morgan fingerprint density at radius 2 is 1.73 bits per heavy atom. The second-order valence-corrected chi connectivity index (χ2v) is 7.63. The fraction of sp³-hybridized carbons (Fsp3) is 0.250. The lowest BCUT2D eigenvalue weighted by Crippen LogP contribution is -2.38. The number of carbonyl (C=O) groups excluding carboxylic acids is 1. The van der Waals surface area contributed by atoms with E-state index in [1.807, 2.05) is 48.5 Å². The number of halogens is 1. The van der Waals surface area contributed by atoms with Gasteiger partial charge in [-0.3, -0.25) is 9.69 Å². The topological polar surface area (TPSA) is 71.2 Å². The van der Waals surface area contributed by atoms with Gasteiger partial charge >= 0.3 is 0 Å². The quantitative estimate of drug-likeness (QED) is 0.664. The van der Waals surface area contributed by atoms with Gasteiger partial charge in [-0.1, -0.05) is 48.5 Å². The highest BCUT2D eigenvalue weighted by molar-refractivity contribution is 5.94. The van der Waals surface area contributed by atoms with Crippen molar-refractivity contribution >= 4 is 17.4 Å². The summed E-state index contributed by atoms with van der Waals surface area (Å²) in [6.45, 7) is 2.06. The van der Waals surface area contributed by atoms with Crippen LogP contribution in [0.4, 0.5) is 15.9 Å². The van der Waals surface area contributed by atoms with Gasteiger partial charge in [-0.15, -0.1) is 0 Å². The molecule has 0 unspecified atom stereocenters. The molecule has 1 aliphatic heterocycles. The predicted molar refractivity (Wildman–Crippen MR) is 117 cm³/mol. The van der Waals surface area contributed by atoms with Crippen LogP contribution in [0.1, 0.15) is 18.4 Å². The Bertz CT molecular complexity index is 1020. The standard InChI is InChI=1S/C24H25FN4O/c25-20-9-5-4-8-19(20)16-29-14-12-18(13-15-29)24(30)28-23-21(26)10-11-22(27-23)17-6-2-1-3-7-17/h1-11,18H,12-16,26H2,(H,27,28,30). The number of hydrogen-bond acceptors (Lipinski definition) is 4. The van der Waals surface area contributed by atoms with E-state index in [1.54, 1.807) is 12.1 Å². The largest absolute Gasteiger partial charge is 0.396 e. The van der Waals surface area contributed by atoms with E-state index >= 15 is 0 Å². The smallest absolute Gasteiger partial charge is 0.228 e. The summed E-state index contributed by atoms with van der Waals surface area (Å²) in [4.78, 5) is 19.5. The van der Waals surface area contributed by atoms with Crippen molar-refractivity contribution in [3.05, 3.63) is 78.1 Å². The van der Waals surface area contributed by atoms with Crippen molar-refractivity contribution in [3.63, 3.8) is 0 Å². The Balaban J connectivity index is 1.37. The zero-order valence-corrected chi connectivity index (χ0v) is 16.7. The number of rotatable bonds is 5. The third-order valence-electron chi connectivity index (χ3n) is 5.55. The highest BCUT2D eigenvalue weighted by Gasteiger charge is 2.26. The van der Waals surface area contributed by atoms with E-state index in [-0.39, 0.29) is 17.6 Å². The molecule has 0 saturated carbocycles. The zero-order valence-electron chi connectivity index (χ0n) is 16.7. The first kappa shape index (κ1) is 20.0. The normalized spacial score (nSPS) is 15.1. The van der Waals surface area contributed by atoms with Gasteiger partial charge < -0.3 is 11.1 Å². The number of nitrogen functional groups attached to an aromatic ring is 1. The Hall–Kier alpha value is -3.25. The molecule has 1 aliphatic rings. The third kappa shape index (κ3) is 4.66. The van der Waals surface area contributed by atoms with Crippen LogP contribution in [0.3, 0.4) is 0 Å². The van der Waals surface area contributed by atoms with Crippen LogP contribution in [-0.4, -0.2) is 28.9 Å². The first-order valence-corrected chi connectivity index (χ1v) is 10.2. The number of benzene rings is 2. The van der Waals surface area contributed by atoms with Gasteiger partial charge in [-0.05, 0) is 44.1 Å². The molecular formula is C24H25FN4O. The second kappa shape index (κ2) is 9.05. The number of piperidine rings is 1. The molecule has 0 aliphatic carbocycles. The molecule has 154 valence electrons. The molecule has 2 aromatic carbocycles. The Morgan fingerprint density at radius 3 is 2.47 bits per heavy atom. The Kier molecular flexibility index (Phi) is 6.05. The fourth-order valence-electron chi connectivity index (χ4n) is 3.78. The van der Waals surface area contributed by atoms with E-state index in [2.05, 4.69) is 15.2 Å². The van der Waals surface area contributed by atoms with Crippen LogP contribution in [0.5, 0.6) is 0 Å². The van der Waals surface area contributed by atoms with E-state index in [9.17, 15) is 9.18 Å². The minimum absolute atomic E-state index is 0.0649. The van der Waals surface area contributed by atoms with Gasteiger partial charge in [-0.2, -0.15) is 0 Å². The van der Waals surface area contributed by atoms with Gasteiger partial charge in [0.2, 0.25) is 5.91 Å². The molecule has 1 aromatic heterocycles.